The van der Waals surface area contributed by atoms with E-state index in [1.165, 1.54) is 6.26 Å². The predicted octanol–water partition coefficient (Wildman–Crippen LogP) is 3.49. The molecule has 0 fully saturated rings. The highest BCUT2D eigenvalue weighted by atomic mass is 35.5. The normalized spacial score (nSPS) is 13.7. The third kappa shape index (κ3) is 3.38. The maximum atomic E-state index is 11.9. The molecule has 0 bridgehead atoms. The van der Waals surface area contributed by atoms with Crippen LogP contribution in [0.2, 0.25) is 0 Å². The van der Waals surface area contributed by atoms with Crippen LogP contribution in [-0.2, 0) is 15.7 Å². The number of benzene rings is 1. The molecule has 0 amide bonds. The molecule has 0 N–H and O–H groups in total. The largest absolute Gasteiger partial charge is 0.324 e. The highest BCUT2D eigenvalue weighted by molar-refractivity contribution is 7.98. The number of nitrogens with zero attached hydrogens (tertiary/aromatic N) is 2. The average molecular weight is 347 g/mol. The Balaban J connectivity index is 2.65. The van der Waals surface area contributed by atoms with Crippen LogP contribution in [0.1, 0.15) is 25.2 Å². The Morgan fingerprint density at radius 3 is 2.71 bits per heavy atom. The molecule has 4 nitrogen and oxygen atoms in total. The van der Waals surface area contributed by atoms with Gasteiger partial charge in [-0.05, 0) is 37.5 Å². The summed E-state index contributed by atoms with van der Waals surface area (Å²) in [5.41, 5.74) is 1.36. The summed E-state index contributed by atoms with van der Waals surface area (Å²) in [4.78, 5) is 4.74. The summed E-state index contributed by atoms with van der Waals surface area (Å²) in [5, 5.41) is 0. The van der Waals surface area contributed by atoms with Crippen molar-refractivity contribution in [2.24, 2.45) is 0 Å². The fourth-order valence-corrected chi connectivity index (χ4v) is 4.03. The van der Waals surface area contributed by atoms with Crippen LogP contribution in [0.5, 0.6) is 0 Å². The molecule has 1 aromatic heterocycles. The van der Waals surface area contributed by atoms with Crippen molar-refractivity contribution >= 4 is 44.2 Å². The summed E-state index contributed by atoms with van der Waals surface area (Å²) in [6.07, 6.45) is 4.26. The van der Waals surface area contributed by atoms with Gasteiger partial charge in [0.05, 0.1) is 16.3 Å². The fraction of sp³-hybridized carbons (Fsp3) is 0.500. The third-order valence-corrected chi connectivity index (χ3v) is 5.47. The van der Waals surface area contributed by atoms with E-state index in [0.717, 1.165) is 23.5 Å². The van der Waals surface area contributed by atoms with E-state index in [-0.39, 0.29) is 16.8 Å². The van der Waals surface area contributed by atoms with Crippen LogP contribution in [0.4, 0.5) is 0 Å². The van der Waals surface area contributed by atoms with Crippen molar-refractivity contribution in [1.82, 2.24) is 9.55 Å². The zero-order valence-electron chi connectivity index (χ0n) is 12.3. The minimum Gasteiger partial charge on any atom is -0.324 e. The molecule has 7 heteroatoms. The van der Waals surface area contributed by atoms with Gasteiger partial charge in [0.1, 0.15) is 11.3 Å². The van der Waals surface area contributed by atoms with Gasteiger partial charge < -0.3 is 4.57 Å². The zero-order valence-corrected chi connectivity index (χ0v) is 14.7. The standard InChI is InChI=1S/C14H19ClN2O2S2/c1-10(7-8-20-2)17-11-5-4-6-12(21(3,18)19)14(11)16-13(17)9-15/h4-6,10H,7-9H2,1-3H3. The van der Waals surface area contributed by atoms with Gasteiger partial charge in [-0.3, -0.25) is 0 Å². The summed E-state index contributed by atoms with van der Waals surface area (Å²) in [6, 6.07) is 5.49. The van der Waals surface area contributed by atoms with Gasteiger partial charge in [-0.1, -0.05) is 6.07 Å². The lowest BCUT2D eigenvalue weighted by atomic mass is 10.2. The van der Waals surface area contributed by atoms with Crippen molar-refractivity contribution in [3.8, 4) is 0 Å². The van der Waals surface area contributed by atoms with Crippen LogP contribution in [-0.4, -0.2) is 36.2 Å². The minimum atomic E-state index is -3.31. The molecular formula is C14H19ClN2O2S2. The highest BCUT2D eigenvalue weighted by Crippen LogP contribution is 2.28. The number of aromatic nitrogens is 2. The Bertz CT molecular complexity index is 741. The number of sulfone groups is 1. The summed E-state index contributed by atoms with van der Waals surface area (Å²) in [5.74, 6) is 2.02. The lowest BCUT2D eigenvalue weighted by Gasteiger charge is -2.16. The van der Waals surface area contributed by atoms with Gasteiger partial charge >= 0.3 is 0 Å². The van der Waals surface area contributed by atoms with E-state index in [0.29, 0.717) is 5.52 Å². The quantitative estimate of drug-likeness (QED) is 0.751. The van der Waals surface area contributed by atoms with Crippen molar-refractivity contribution in [3.05, 3.63) is 24.0 Å². The molecule has 0 aliphatic carbocycles. The highest BCUT2D eigenvalue weighted by Gasteiger charge is 2.20. The van der Waals surface area contributed by atoms with Gasteiger partial charge in [0, 0.05) is 12.3 Å². The first-order valence-electron chi connectivity index (χ1n) is 6.65. The molecular weight excluding hydrogens is 328 g/mol. The van der Waals surface area contributed by atoms with Crippen LogP contribution >= 0.6 is 23.4 Å². The Morgan fingerprint density at radius 1 is 1.43 bits per heavy atom. The van der Waals surface area contributed by atoms with E-state index in [9.17, 15) is 8.42 Å². The number of thioether (sulfide) groups is 1. The second-order valence-corrected chi connectivity index (χ2v) is 8.30. The van der Waals surface area contributed by atoms with Gasteiger partial charge in [-0.15, -0.1) is 11.6 Å². The van der Waals surface area contributed by atoms with E-state index >= 15 is 0 Å². The topological polar surface area (TPSA) is 52.0 Å². The van der Waals surface area contributed by atoms with E-state index < -0.39 is 9.84 Å². The van der Waals surface area contributed by atoms with Gasteiger partial charge in [-0.2, -0.15) is 11.8 Å². The van der Waals surface area contributed by atoms with Crippen molar-refractivity contribution < 1.29 is 8.42 Å². The van der Waals surface area contributed by atoms with Gasteiger partial charge in [0.25, 0.3) is 0 Å². The molecule has 0 aliphatic heterocycles. The zero-order chi connectivity index (χ0) is 15.6. The maximum absolute atomic E-state index is 11.9. The average Bonchev–Trinajstić information content (AvgIpc) is 2.81. The molecule has 0 spiro atoms. The number of hydrogen-bond donors (Lipinski definition) is 0. The van der Waals surface area contributed by atoms with Crippen LogP contribution < -0.4 is 0 Å². The molecule has 1 unspecified atom stereocenters. The number of rotatable bonds is 6. The molecule has 0 saturated heterocycles. The molecule has 0 aliphatic rings. The van der Waals surface area contributed by atoms with Crippen LogP contribution in [0.3, 0.4) is 0 Å². The summed E-state index contributed by atoms with van der Waals surface area (Å²) >= 11 is 7.80. The number of hydrogen-bond acceptors (Lipinski definition) is 4. The van der Waals surface area contributed by atoms with Crippen LogP contribution in [0.15, 0.2) is 23.1 Å². The Labute approximate surface area is 134 Å². The maximum Gasteiger partial charge on any atom is 0.177 e. The molecule has 2 aromatic rings. The Morgan fingerprint density at radius 2 is 2.14 bits per heavy atom. The summed E-state index contributed by atoms with van der Waals surface area (Å²) in [6.45, 7) is 2.11. The van der Waals surface area contributed by atoms with Crippen LogP contribution in [0, 0.1) is 0 Å². The molecule has 2 rings (SSSR count). The molecule has 1 heterocycles. The van der Waals surface area contributed by atoms with E-state index in [1.807, 2.05) is 6.07 Å². The molecule has 1 aromatic carbocycles. The van der Waals surface area contributed by atoms with E-state index in [4.69, 9.17) is 11.6 Å². The molecule has 116 valence electrons. The number of fused-ring (bicyclic) bond motifs is 1. The van der Waals surface area contributed by atoms with Crippen molar-refractivity contribution in [1.29, 1.82) is 0 Å². The Hall–Kier alpha value is -0.720. The number of para-hydroxylation sites is 1. The third-order valence-electron chi connectivity index (χ3n) is 3.46. The first-order chi connectivity index (χ1) is 9.90. The van der Waals surface area contributed by atoms with Gasteiger partial charge in [-0.25, -0.2) is 13.4 Å². The Kier molecular flexibility index (Phi) is 5.22. The predicted molar refractivity (Wildman–Crippen MR) is 90.1 cm³/mol. The van der Waals surface area contributed by atoms with Gasteiger partial charge in [0.2, 0.25) is 0 Å². The smallest absolute Gasteiger partial charge is 0.177 e. The second kappa shape index (κ2) is 6.58. The number of imidazole rings is 1. The van der Waals surface area contributed by atoms with E-state index in [2.05, 4.69) is 22.7 Å². The number of halogens is 1. The molecule has 1 atom stereocenters. The summed E-state index contributed by atoms with van der Waals surface area (Å²) < 4.78 is 25.9. The first kappa shape index (κ1) is 16.6. The molecule has 0 radical (unpaired) electrons. The second-order valence-electron chi connectivity index (χ2n) is 5.06. The van der Waals surface area contributed by atoms with Gasteiger partial charge in [0.15, 0.2) is 9.84 Å². The van der Waals surface area contributed by atoms with Crippen molar-refractivity contribution in [2.75, 3.05) is 18.3 Å². The van der Waals surface area contributed by atoms with Crippen molar-refractivity contribution in [2.45, 2.75) is 30.2 Å². The summed E-state index contributed by atoms with van der Waals surface area (Å²) in [7, 11) is -3.31. The molecule has 21 heavy (non-hydrogen) atoms. The van der Waals surface area contributed by atoms with Crippen LogP contribution in [0.25, 0.3) is 11.0 Å². The van der Waals surface area contributed by atoms with E-state index in [1.54, 1.807) is 23.9 Å². The lowest BCUT2D eigenvalue weighted by molar-refractivity contribution is 0.534. The monoisotopic (exact) mass is 346 g/mol. The first-order valence-corrected chi connectivity index (χ1v) is 10.5. The molecule has 0 saturated carbocycles. The lowest BCUT2D eigenvalue weighted by Crippen LogP contribution is -2.09. The minimum absolute atomic E-state index is 0.228. The SMILES string of the molecule is CSCCC(C)n1c(CCl)nc2c(S(C)(=O)=O)cccc21. The fourth-order valence-electron chi connectivity index (χ4n) is 2.44. The number of alkyl halides is 1. The van der Waals surface area contributed by atoms with Crippen molar-refractivity contribution in [3.63, 3.8) is 0 Å².